The summed E-state index contributed by atoms with van der Waals surface area (Å²) in [5, 5.41) is 8.44. The van der Waals surface area contributed by atoms with Crippen molar-refractivity contribution in [2.24, 2.45) is 5.73 Å². The molecule has 0 aliphatic rings. The number of rotatable bonds is 3. The van der Waals surface area contributed by atoms with Crippen molar-refractivity contribution in [2.45, 2.75) is 10.2 Å². The van der Waals surface area contributed by atoms with E-state index in [1.165, 1.54) is 24.2 Å². The van der Waals surface area contributed by atoms with E-state index in [0.717, 1.165) is 0 Å². The fourth-order valence-electron chi connectivity index (χ4n) is 1.01. The van der Waals surface area contributed by atoms with Gasteiger partial charge in [0.1, 0.15) is 16.6 Å². The quantitative estimate of drug-likeness (QED) is 0.459. The van der Waals surface area contributed by atoms with Crippen molar-refractivity contribution >= 4 is 17.6 Å². The van der Waals surface area contributed by atoms with Gasteiger partial charge in [0.05, 0.1) is 0 Å². The van der Waals surface area contributed by atoms with Crippen LogP contribution in [-0.4, -0.2) is 25.8 Å². The van der Waals surface area contributed by atoms with Crippen LogP contribution in [0.25, 0.3) is 0 Å². The molecule has 3 N–H and O–H groups in total. The zero-order valence-corrected chi connectivity index (χ0v) is 8.98. The number of hydrogen-bond donors (Lipinski definition) is 2. The normalized spacial score (nSPS) is 10.0. The highest BCUT2D eigenvalue weighted by Gasteiger charge is 2.10. The summed E-state index contributed by atoms with van der Waals surface area (Å²) in [6, 6.07) is 1.73. The fourth-order valence-corrected chi connectivity index (χ4v) is 1.78. The Labute approximate surface area is 95.9 Å². The molecule has 80 valence electrons. The first-order valence-electron chi connectivity index (χ1n) is 4.37. The second-order valence-electron chi connectivity index (χ2n) is 2.76. The zero-order valence-electron chi connectivity index (χ0n) is 8.16. The highest BCUT2D eigenvalue weighted by molar-refractivity contribution is 7.99. The fraction of sp³-hybridized carbons (Fsp3) is 0. The summed E-state index contributed by atoms with van der Waals surface area (Å²) in [6.07, 6.45) is 6.31. The first-order valence-corrected chi connectivity index (χ1v) is 5.19. The van der Waals surface area contributed by atoms with Crippen molar-refractivity contribution in [1.29, 1.82) is 5.41 Å². The van der Waals surface area contributed by atoms with E-state index in [9.17, 15) is 0 Å². The van der Waals surface area contributed by atoms with Crippen LogP contribution in [0.4, 0.5) is 0 Å². The van der Waals surface area contributed by atoms with Gasteiger partial charge in [0.15, 0.2) is 5.16 Å². The van der Waals surface area contributed by atoms with Gasteiger partial charge in [0.25, 0.3) is 0 Å². The SMILES string of the molecule is N=C(N)c1nccnc1Sc1ncccn1. The van der Waals surface area contributed by atoms with Gasteiger partial charge in [-0.1, -0.05) is 0 Å². The average Bonchev–Trinajstić information content (AvgIpc) is 2.31. The first kappa shape index (κ1) is 10.5. The predicted molar refractivity (Wildman–Crippen MR) is 59.2 cm³/mol. The molecule has 0 radical (unpaired) electrons. The molecular formula is C9H8N6S. The number of nitrogen functional groups attached to an aromatic ring is 1. The van der Waals surface area contributed by atoms with Crippen LogP contribution in [-0.2, 0) is 0 Å². The van der Waals surface area contributed by atoms with Crippen LogP contribution in [0.1, 0.15) is 5.69 Å². The van der Waals surface area contributed by atoms with E-state index in [2.05, 4.69) is 19.9 Å². The monoisotopic (exact) mass is 232 g/mol. The molecule has 7 heteroatoms. The van der Waals surface area contributed by atoms with Crippen molar-refractivity contribution in [3.8, 4) is 0 Å². The van der Waals surface area contributed by atoms with Gasteiger partial charge < -0.3 is 5.73 Å². The third-order valence-corrected chi connectivity index (χ3v) is 2.54. The van der Waals surface area contributed by atoms with Crippen molar-refractivity contribution in [2.75, 3.05) is 0 Å². The molecule has 0 fully saturated rings. The molecule has 0 atom stereocenters. The lowest BCUT2D eigenvalue weighted by Gasteiger charge is -2.03. The van der Waals surface area contributed by atoms with Gasteiger partial charge in [0, 0.05) is 24.8 Å². The van der Waals surface area contributed by atoms with Crippen LogP contribution >= 0.6 is 11.8 Å². The van der Waals surface area contributed by atoms with Gasteiger partial charge in [-0.2, -0.15) is 0 Å². The third kappa shape index (κ3) is 2.31. The molecule has 0 amide bonds. The number of aromatic nitrogens is 4. The molecule has 0 spiro atoms. The van der Waals surface area contributed by atoms with Crippen molar-refractivity contribution in [3.05, 3.63) is 36.5 Å². The number of nitrogens with one attached hydrogen (secondary N) is 1. The molecule has 0 aliphatic heterocycles. The zero-order chi connectivity index (χ0) is 11.4. The lowest BCUT2D eigenvalue weighted by molar-refractivity contribution is 0.951. The van der Waals surface area contributed by atoms with Crippen molar-refractivity contribution in [3.63, 3.8) is 0 Å². The topological polar surface area (TPSA) is 101 Å². The molecule has 0 aliphatic carbocycles. The van der Waals surface area contributed by atoms with E-state index >= 15 is 0 Å². The second-order valence-corrected chi connectivity index (χ2v) is 3.71. The molecule has 6 nitrogen and oxygen atoms in total. The first-order chi connectivity index (χ1) is 7.77. The summed E-state index contributed by atoms with van der Waals surface area (Å²) < 4.78 is 0. The summed E-state index contributed by atoms with van der Waals surface area (Å²) in [7, 11) is 0. The number of amidine groups is 1. The molecule has 2 rings (SSSR count). The van der Waals surface area contributed by atoms with Gasteiger partial charge in [-0.05, 0) is 17.8 Å². The molecule has 2 aromatic rings. The maximum atomic E-state index is 7.36. The van der Waals surface area contributed by atoms with Gasteiger partial charge in [-0.3, -0.25) is 5.41 Å². The number of hydrogen-bond acceptors (Lipinski definition) is 6. The van der Waals surface area contributed by atoms with E-state index in [1.54, 1.807) is 18.5 Å². The summed E-state index contributed by atoms with van der Waals surface area (Å²) in [5.41, 5.74) is 5.74. The van der Waals surface area contributed by atoms with E-state index in [-0.39, 0.29) is 5.84 Å². The van der Waals surface area contributed by atoms with Crippen LogP contribution in [0.5, 0.6) is 0 Å². The Balaban J connectivity index is 2.31. The summed E-state index contributed by atoms with van der Waals surface area (Å²) in [6.45, 7) is 0. The predicted octanol–water partition coefficient (Wildman–Crippen LogP) is 0.702. The van der Waals surface area contributed by atoms with Crippen molar-refractivity contribution in [1.82, 2.24) is 19.9 Å². The molecule has 0 saturated carbocycles. The Kier molecular flexibility index (Phi) is 3.06. The minimum atomic E-state index is -0.119. The Morgan fingerprint density at radius 3 is 2.44 bits per heavy atom. The molecule has 0 saturated heterocycles. The van der Waals surface area contributed by atoms with Crippen LogP contribution in [0.15, 0.2) is 41.0 Å². The number of nitrogens with zero attached hydrogens (tertiary/aromatic N) is 4. The Bertz CT molecular complexity index is 500. The van der Waals surface area contributed by atoms with Crippen molar-refractivity contribution < 1.29 is 0 Å². The van der Waals surface area contributed by atoms with Gasteiger partial charge >= 0.3 is 0 Å². The number of nitrogens with two attached hydrogens (primary N) is 1. The molecule has 2 aromatic heterocycles. The maximum Gasteiger partial charge on any atom is 0.193 e. The molecule has 0 aromatic carbocycles. The van der Waals surface area contributed by atoms with Crippen LogP contribution < -0.4 is 5.73 Å². The minimum Gasteiger partial charge on any atom is -0.382 e. The minimum absolute atomic E-state index is 0.119. The average molecular weight is 232 g/mol. The molecule has 2 heterocycles. The smallest absolute Gasteiger partial charge is 0.193 e. The lowest BCUT2D eigenvalue weighted by Crippen LogP contribution is -2.15. The maximum absolute atomic E-state index is 7.36. The molecule has 16 heavy (non-hydrogen) atoms. The van der Waals surface area contributed by atoms with E-state index in [4.69, 9.17) is 11.1 Å². The molecule has 0 unspecified atom stereocenters. The van der Waals surface area contributed by atoms with E-state index in [0.29, 0.717) is 15.9 Å². The molecule has 0 bridgehead atoms. The van der Waals surface area contributed by atoms with Crippen LogP contribution in [0.3, 0.4) is 0 Å². The van der Waals surface area contributed by atoms with E-state index < -0.39 is 0 Å². The highest BCUT2D eigenvalue weighted by atomic mass is 32.2. The highest BCUT2D eigenvalue weighted by Crippen LogP contribution is 2.23. The summed E-state index contributed by atoms with van der Waals surface area (Å²) in [4.78, 5) is 16.2. The third-order valence-electron chi connectivity index (χ3n) is 1.65. The van der Waals surface area contributed by atoms with Crippen LogP contribution in [0.2, 0.25) is 0 Å². The van der Waals surface area contributed by atoms with Gasteiger partial charge in [0.2, 0.25) is 0 Å². The lowest BCUT2D eigenvalue weighted by atomic mass is 10.4. The standard InChI is InChI=1S/C9H8N6S/c10-7(11)6-8(13-5-4-12-6)16-9-14-2-1-3-15-9/h1-5H,(H3,10,11). The van der Waals surface area contributed by atoms with Gasteiger partial charge in [-0.25, -0.2) is 19.9 Å². The van der Waals surface area contributed by atoms with E-state index in [1.807, 2.05) is 0 Å². The summed E-state index contributed by atoms with van der Waals surface area (Å²) in [5.74, 6) is -0.119. The Morgan fingerprint density at radius 1 is 1.06 bits per heavy atom. The van der Waals surface area contributed by atoms with Crippen LogP contribution in [0, 0.1) is 5.41 Å². The van der Waals surface area contributed by atoms with Gasteiger partial charge in [-0.15, -0.1) is 0 Å². The second kappa shape index (κ2) is 4.67. The largest absolute Gasteiger partial charge is 0.382 e. The Morgan fingerprint density at radius 2 is 1.75 bits per heavy atom. The summed E-state index contributed by atoms with van der Waals surface area (Å²) >= 11 is 1.23. The Hall–Kier alpha value is -2.02. The molecular weight excluding hydrogens is 224 g/mol.